The summed E-state index contributed by atoms with van der Waals surface area (Å²) in [6, 6.07) is 4.18. The van der Waals surface area contributed by atoms with Gasteiger partial charge in [-0.05, 0) is 26.8 Å². The Labute approximate surface area is 124 Å². The molecule has 0 fully saturated rings. The molecule has 1 rings (SSSR count). The maximum absolute atomic E-state index is 10.5. The first kappa shape index (κ1) is 19.0. The highest BCUT2D eigenvalue weighted by molar-refractivity contribution is 5.82. The Morgan fingerprint density at radius 3 is 2.24 bits per heavy atom. The molecular formula is C14H21NO6. The first-order chi connectivity index (χ1) is 10.0. The minimum atomic E-state index is -0.591. The largest absolute Gasteiger partial charge is 0.490 e. The van der Waals surface area contributed by atoms with E-state index in [-0.39, 0.29) is 23.3 Å². The Bertz CT molecular complexity index is 443. The zero-order chi connectivity index (χ0) is 16.3. The van der Waals surface area contributed by atoms with Crippen molar-refractivity contribution in [2.45, 2.75) is 27.1 Å². The quantitative estimate of drug-likeness (QED) is 0.333. The lowest BCUT2D eigenvalue weighted by atomic mass is 10.2. The van der Waals surface area contributed by atoms with Crippen molar-refractivity contribution < 1.29 is 23.9 Å². The number of benzene rings is 1. The second-order valence-electron chi connectivity index (χ2n) is 3.75. The van der Waals surface area contributed by atoms with Gasteiger partial charge in [-0.15, -0.1) is 0 Å². The molecule has 0 bridgehead atoms. The first-order valence-electron chi connectivity index (χ1n) is 6.51. The minimum absolute atomic E-state index is 0.00231. The minimum Gasteiger partial charge on any atom is -0.490 e. The van der Waals surface area contributed by atoms with Crippen molar-refractivity contribution in [1.82, 2.24) is 0 Å². The van der Waals surface area contributed by atoms with Gasteiger partial charge in [-0.2, -0.15) is 0 Å². The number of ether oxygens (including phenoxy) is 3. The van der Waals surface area contributed by atoms with Gasteiger partial charge in [0.15, 0.2) is 12.6 Å². The summed E-state index contributed by atoms with van der Waals surface area (Å²) >= 11 is 0. The fourth-order valence-corrected chi connectivity index (χ4v) is 1.52. The number of hydrogen-bond donors (Lipinski definition) is 0. The van der Waals surface area contributed by atoms with Crippen LogP contribution < -0.4 is 4.74 Å². The van der Waals surface area contributed by atoms with Crippen LogP contribution in [0.5, 0.6) is 5.75 Å². The Morgan fingerprint density at radius 2 is 1.86 bits per heavy atom. The highest BCUT2D eigenvalue weighted by Crippen LogP contribution is 2.28. The van der Waals surface area contributed by atoms with Crippen LogP contribution in [0, 0.1) is 10.1 Å². The third kappa shape index (κ3) is 6.82. The van der Waals surface area contributed by atoms with Crippen LogP contribution in [0.4, 0.5) is 5.69 Å². The fourth-order valence-electron chi connectivity index (χ4n) is 1.52. The Morgan fingerprint density at radius 1 is 1.29 bits per heavy atom. The molecule has 7 nitrogen and oxygen atoms in total. The van der Waals surface area contributed by atoms with E-state index >= 15 is 0 Å². The third-order valence-corrected chi connectivity index (χ3v) is 2.36. The van der Waals surface area contributed by atoms with Crippen molar-refractivity contribution in [3.05, 3.63) is 33.9 Å². The highest BCUT2D eigenvalue weighted by Gasteiger charge is 2.17. The van der Waals surface area contributed by atoms with Crippen molar-refractivity contribution >= 4 is 12.0 Å². The molecule has 0 aliphatic rings. The summed E-state index contributed by atoms with van der Waals surface area (Å²) in [7, 11) is 1.29. The van der Waals surface area contributed by atoms with E-state index < -0.39 is 4.92 Å². The number of carbonyl (C=O) groups is 1. The van der Waals surface area contributed by atoms with Crippen molar-refractivity contribution in [3.8, 4) is 5.75 Å². The molecular weight excluding hydrogens is 278 g/mol. The third-order valence-electron chi connectivity index (χ3n) is 2.36. The summed E-state index contributed by atoms with van der Waals surface area (Å²) in [5.74, 6) is 0.00231. The lowest BCUT2D eigenvalue weighted by Crippen LogP contribution is -2.11. The van der Waals surface area contributed by atoms with Gasteiger partial charge < -0.3 is 14.2 Å². The number of nitro benzene ring substituents is 1. The monoisotopic (exact) mass is 299 g/mol. The van der Waals surface area contributed by atoms with Gasteiger partial charge in [0.2, 0.25) is 5.75 Å². The Balaban J connectivity index is 0.000000433. The number of hydrogen-bond acceptors (Lipinski definition) is 6. The van der Waals surface area contributed by atoms with E-state index in [0.29, 0.717) is 6.29 Å². The number of nitro groups is 1. The van der Waals surface area contributed by atoms with Gasteiger partial charge in [-0.25, -0.2) is 0 Å². The Hall–Kier alpha value is -1.99. The maximum Gasteiger partial charge on any atom is 0.311 e. The summed E-state index contributed by atoms with van der Waals surface area (Å²) in [5.41, 5.74) is -0.0243. The van der Waals surface area contributed by atoms with Gasteiger partial charge in [-0.1, -0.05) is 6.07 Å². The Kier molecular flexibility index (Phi) is 9.74. The van der Waals surface area contributed by atoms with Crippen molar-refractivity contribution in [1.29, 1.82) is 0 Å². The normalized spacial score (nSPS) is 9.76. The van der Waals surface area contributed by atoms with E-state index in [1.54, 1.807) is 0 Å². The number of nitrogens with zero attached hydrogens (tertiary/aromatic N) is 1. The molecule has 0 spiro atoms. The summed E-state index contributed by atoms with van der Waals surface area (Å²) in [6.45, 7) is 7.25. The van der Waals surface area contributed by atoms with Crippen LogP contribution in [0.15, 0.2) is 18.2 Å². The topological polar surface area (TPSA) is 87.9 Å². The van der Waals surface area contributed by atoms with E-state index in [1.165, 1.54) is 25.3 Å². The molecule has 0 unspecified atom stereocenters. The lowest BCUT2D eigenvalue weighted by Gasteiger charge is -2.09. The molecule has 1 aromatic carbocycles. The number of aldehydes is 1. The number of para-hydroxylation sites is 1. The zero-order valence-electron chi connectivity index (χ0n) is 12.7. The molecule has 0 radical (unpaired) electrons. The van der Waals surface area contributed by atoms with Crippen LogP contribution in [0.3, 0.4) is 0 Å². The molecule has 0 amide bonds. The zero-order valence-corrected chi connectivity index (χ0v) is 12.7. The standard InChI is InChI=1S/C8H7NO4.C6H14O2/c1-13-8-6(5-10)3-2-4-7(8)9(11)12;1-4-7-6(3)8-5-2/h2-5H,1H3;6H,4-5H2,1-3H3. The number of methoxy groups -OCH3 is 1. The molecule has 0 atom stereocenters. The van der Waals surface area contributed by atoms with Crippen molar-refractivity contribution in [3.63, 3.8) is 0 Å². The summed E-state index contributed by atoms with van der Waals surface area (Å²) in [5, 5.41) is 10.5. The van der Waals surface area contributed by atoms with Crippen LogP contribution in [0.2, 0.25) is 0 Å². The number of rotatable bonds is 7. The molecule has 118 valence electrons. The van der Waals surface area contributed by atoms with Crippen LogP contribution in [0.1, 0.15) is 31.1 Å². The molecule has 0 aliphatic carbocycles. The van der Waals surface area contributed by atoms with Gasteiger partial charge in [0.1, 0.15) is 0 Å². The van der Waals surface area contributed by atoms with Crippen molar-refractivity contribution in [2.24, 2.45) is 0 Å². The predicted molar refractivity (Wildman–Crippen MR) is 77.7 cm³/mol. The molecule has 7 heteroatoms. The van der Waals surface area contributed by atoms with E-state index in [1.807, 2.05) is 20.8 Å². The van der Waals surface area contributed by atoms with Crippen molar-refractivity contribution in [2.75, 3.05) is 20.3 Å². The van der Waals surface area contributed by atoms with Gasteiger partial charge in [0.05, 0.1) is 17.6 Å². The van der Waals surface area contributed by atoms with Gasteiger partial charge >= 0.3 is 5.69 Å². The van der Waals surface area contributed by atoms with Gasteiger partial charge in [0.25, 0.3) is 0 Å². The second kappa shape index (κ2) is 10.8. The molecule has 0 saturated carbocycles. The van der Waals surface area contributed by atoms with E-state index in [4.69, 9.17) is 14.2 Å². The molecule has 21 heavy (non-hydrogen) atoms. The van der Waals surface area contributed by atoms with Crippen LogP contribution in [0.25, 0.3) is 0 Å². The average Bonchev–Trinajstić information content (AvgIpc) is 2.47. The molecule has 0 N–H and O–H groups in total. The molecule has 0 aromatic heterocycles. The number of carbonyl (C=O) groups excluding carboxylic acids is 1. The SMILES string of the molecule is CCOC(C)OCC.COc1c(C=O)cccc1[N+](=O)[O-]. The molecule has 0 heterocycles. The molecule has 0 saturated heterocycles. The highest BCUT2D eigenvalue weighted by atomic mass is 16.7. The molecule has 0 aliphatic heterocycles. The fraction of sp³-hybridized carbons (Fsp3) is 0.500. The summed E-state index contributed by atoms with van der Waals surface area (Å²) in [6.07, 6.45) is 0.483. The van der Waals surface area contributed by atoms with E-state index in [0.717, 1.165) is 13.2 Å². The second-order valence-corrected chi connectivity index (χ2v) is 3.75. The summed E-state index contributed by atoms with van der Waals surface area (Å²) in [4.78, 5) is 20.3. The lowest BCUT2D eigenvalue weighted by molar-refractivity contribution is -0.385. The summed E-state index contributed by atoms with van der Waals surface area (Å²) < 4.78 is 14.9. The van der Waals surface area contributed by atoms with Crippen LogP contribution in [-0.4, -0.2) is 37.8 Å². The smallest absolute Gasteiger partial charge is 0.311 e. The average molecular weight is 299 g/mol. The predicted octanol–water partition coefficient (Wildman–Crippen LogP) is 2.82. The van der Waals surface area contributed by atoms with E-state index in [2.05, 4.69) is 0 Å². The first-order valence-corrected chi connectivity index (χ1v) is 6.51. The van der Waals surface area contributed by atoms with Gasteiger partial charge in [0, 0.05) is 19.3 Å². The van der Waals surface area contributed by atoms with E-state index in [9.17, 15) is 14.9 Å². The van der Waals surface area contributed by atoms with Crippen LogP contribution >= 0.6 is 0 Å². The van der Waals surface area contributed by atoms with Gasteiger partial charge in [-0.3, -0.25) is 14.9 Å². The molecule has 1 aromatic rings. The maximum atomic E-state index is 10.5. The van der Waals surface area contributed by atoms with Crippen LogP contribution in [-0.2, 0) is 9.47 Å².